The Balaban J connectivity index is 2.28. The molecule has 140 valence electrons. The Morgan fingerprint density at radius 3 is 2.52 bits per heavy atom. The van der Waals surface area contributed by atoms with Crippen LogP contribution in [0.2, 0.25) is 0 Å². The number of likely N-dealkylation sites (N-methyl/N-ethyl adjacent to an activating group) is 1. The maximum absolute atomic E-state index is 12.7. The van der Waals surface area contributed by atoms with E-state index in [0.29, 0.717) is 17.0 Å². The standard InChI is InChI=1S/C19H21N5O3/c1-11(20)18(25)17-19(21)23(2)15-9-8-13(24(26)27)10-14(15)16(22-17)12-6-4-3-5-7-12/h3-11,17,19H,20-21H2,1-2H3. The minimum absolute atomic E-state index is 0.0590. The fourth-order valence-electron chi connectivity index (χ4n) is 3.12. The highest BCUT2D eigenvalue weighted by Gasteiger charge is 2.35. The molecule has 27 heavy (non-hydrogen) atoms. The van der Waals surface area contributed by atoms with E-state index in [0.717, 1.165) is 5.56 Å². The van der Waals surface area contributed by atoms with Crippen LogP contribution >= 0.6 is 0 Å². The van der Waals surface area contributed by atoms with Gasteiger partial charge in [0.15, 0.2) is 5.78 Å². The number of nitrogens with zero attached hydrogens (tertiary/aromatic N) is 3. The number of aliphatic imine (C=N–C) groups is 1. The molecule has 0 fully saturated rings. The van der Waals surface area contributed by atoms with E-state index in [1.807, 2.05) is 30.3 Å². The number of nitro benzene ring substituents is 1. The summed E-state index contributed by atoms with van der Waals surface area (Å²) < 4.78 is 0. The highest BCUT2D eigenvalue weighted by atomic mass is 16.6. The van der Waals surface area contributed by atoms with Crippen molar-refractivity contribution in [3.63, 3.8) is 0 Å². The molecule has 2 aromatic carbocycles. The quantitative estimate of drug-likeness (QED) is 0.622. The van der Waals surface area contributed by atoms with Gasteiger partial charge in [-0.2, -0.15) is 0 Å². The van der Waals surface area contributed by atoms with Gasteiger partial charge in [-0.1, -0.05) is 30.3 Å². The van der Waals surface area contributed by atoms with E-state index in [2.05, 4.69) is 4.99 Å². The van der Waals surface area contributed by atoms with Gasteiger partial charge in [0, 0.05) is 36.0 Å². The smallest absolute Gasteiger partial charge is 0.270 e. The molecule has 0 spiro atoms. The monoisotopic (exact) mass is 367 g/mol. The highest BCUT2D eigenvalue weighted by Crippen LogP contribution is 2.32. The molecule has 0 saturated heterocycles. The van der Waals surface area contributed by atoms with E-state index in [9.17, 15) is 14.9 Å². The third kappa shape index (κ3) is 3.44. The lowest BCUT2D eigenvalue weighted by atomic mass is 9.99. The Morgan fingerprint density at radius 2 is 1.93 bits per heavy atom. The lowest BCUT2D eigenvalue weighted by Crippen LogP contribution is -2.53. The average Bonchev–Trinajstić information content (AvgIpc) is 2.77. The van der Waals surface area contributed by atoms with Crippen LogP contribution in [-0.4, -0.2) is 41.7 Å². The number of hydrogen-bond donors (Lipinski definition) is 2. The minimum Gasteiger partial charge on any atom is -0.356 e. The molecule has 0 aliphatic carbocycles. The largest absolute Gasteiger partial charge is 0.356 e. The number of anilines is 1. The molecule has 2 aromatic rings. The van der Waals surface area contributed by atoms with Crippen LogP contribution < -0.4 is 16.4 Å². The lowest BCUT2D eigenvalue weighted by molar-refractivity contribution is -0.384. The first kappa shape index (κ1) is 18.7. The average molecular weight is 367 g/mol. The zero-order valence-electron chi connectivity index (χ0n) is 15.1. The zero-order valence-corrected chi connectivity index (χ0v) is 15.1. The van der Waals surface area contributed by atoms with Gasteiger partial charge in [0.2, 0.25) is 0 Å². The van der Waals surface area contributed by atoms with Crippen LogP contribution in [0.5, 0.6) is 0 Å². The molecule has 1 aliphatic heterocycles. The third-order valence-electron chi connectivity index (χ3n) is 4.65. The van der Waals surface area contributed by atoms with Crippen molar-refractivity contribution in [3.8, 4) is 0 Å². The summed E-state index contributed by atoms with van der Waals surface area (Å²) in [6, 6.07) is 12.1. The van der Waals surface area contributed by atoms with Gasteiger partial charge >= 0.3 is 0 Å². The Hall–Kier alpha value is -3.10. The number of nitrogens with two attached hydrogens (primary N) is 2. The second kappa shape index (κ2) is 7.26. The normalized spacial score (nSPS) is 20.3. The molecular formula is C19H21N5O3. The Morgan fingerprint density at radius 1 is 1.26 bits per heavy atom. The van der Waals surface area contributed by atoms with Crippen molar-refractivity contribution in [3.05, 3.63) is 69.8 Å². The summed E-state index contributed by atoms with van der Waals surface area (Å²) in [5, 5.41) is 11.3. The molecular weight excluding hydrogens is 346 g/mol. The number of carbonyl (C=O) groups is 1. The van der Waals surface area contributed by atoms with Crippen LogP contribution in [0.3, 0.4) is 0 Å². The van der Waals surface area contributed by atoms with Crippen molar-refractivity contribution in [2.75, 3.05) is 11.9 Å². The fraction of sp³-hybridized carbons (Fsp3) is 0.263. The number of carbonyl (C=O) groups excluding carboxylic acids is 1. The summed E-state index contributed by atoms with van der Waals surface area (Å²) in [6.45, 7) is 1.59. The molecule has 0 aromatic heterocycles. The van der Waals surface area contributed by atoms with E-state index >= 15 is 0 Å². The van der Waals surface area contributed by atoms with Crippen LogP contribution in [-0.2, 0) is 4.79 Å². The van der Waals surface area contributed by atoms with Crippen LogP contribution in [0, 0.1) is 10.1 Å². The van der Waals surface area contributed by atoms with Crippen molar-refractivity contribution in [2.24, 2.45) is 16.5 Å². The maximum atomic E-state index is 12.7. The van der Waals surface area contributed by atoms with Crippen molar-refractivity contribution in [1.82, 2.24) is 0 Å². The van der Waals surface area contributed by atoms with Crippen LogP contribution in [0.25, 0.3) is 0 Å². The van der Waals surface area contributed by atoms with E-state index in [-0.39, 0.29) is 11.5 Å². The minimum atomic E-state index is -0.892. The highest BCUT2D eigenvalue weighted by molar-refractivity contribution is 6.17. The number of nitro groups is 1. The van der Waals surface area contributed by atoms with E-state index in [1.165, 1.54) is 12.1 Å². The van der Waals surface area contributed by atoms with Gasteiger partial charge < -0.3 is 16.4 Å². The second-order valence-electron chi connectivity index (χ2n) is 6.54. The predicted octanol–water partition coefficient (Wildman–Crippen LogP) is 1.45. The van der Waals surface area contributed by atoms with Gasteiger partial charge in [-0.15, -0.1) is 0 Å². The maximum Gasteiger partial charge on any atom is 0.270 e. The molecule has 3 atom stereocenters. The van der Waals surface area contributed by atoms with Crippen LogP contribution in [0.4, 0.5) is 11.4 Å². The van der Waals surface area contributed by atoms with E-state index < -0.39 is 23.2 Å². The number of benzodiazepines with no additional fused rings is 1. The van der Waals surface area contributed by atoms with Crippen LogP contribution in [0.1, 0.15) is 18.1 Å². The van der Waals surface area contributed by atoms with Gasteiger partial charge in [-0.05, 0) is 13.0 Å². The summed E-state index contributed by atoms with van der Waals surface area (Å²) >= 11 is 0. The van der Waals surface area contributed by atoms with Gasteiger partial charge in [-0.3, -0.25) is 19.9 Å². The Labute approximate surface area is 156 Å². The zero-order chi connectivity index (χ0) is 19.7. The number of benzene rings is 2. The summed E-state index contributed by atoms with van der Waals surface area (Å²) in [5.74, 6) is -0.287. The first-order valence-corrected chi connectivity index (χ1v) is 8.51. The van der Waals surface area contributed by atoms with E-state index in [4.69, 9.17) is 11.5 Å². The predicted molar refractivity (Wildman–Crippen MR) is 104 cm³/mol. The first-order valence-electron chi connectivity index (χ1n) is 8.51. The number of rotatable bonds is 4. The Kier molecular flexibility index (Phi) is 5.02. The molecule has 1 heterocycles. The number of hydrogen-bond acceptors (Lipinski definition) is 7. The molecule has 8 heteroatoms. The molecule has 1 aliphatic rings. The molecule has 0 bridgehead atoms. The number of non-ortho nitro benzene ring substituents is 1. The molecule has 3 unspecified atom stereocenters. The van der Waals surface area contributed by atoms with Gasteiger partial charge in [0.25, 0.3) is 5.69 Å². The lowest BCUT2D eigenvalue weighted by Gasteiger charge is -2.29. The number of Topliss-reactive ketones (excluding diaryl/α,β-unsaturated/α-hetero) is 1. The Bertz CT molecular complexity index is 911. The van der Waals surface area contributed by atoms with Gasteiger partial charge in [0.05, 0.1) is 16.7 Å². The van der Waals surface area contributed by atoms with Crippen LogP contribution in [0.15, 0.2) is 53.5 Å². The summed E-state index contributed by atoms with van der Waals surface area (Å²) in [4.78, 5) is 29.8. The van der Waals surface area contributed by atoms with Crippen molar-refractivity contribution in [2.45, 2.75) is 25.2 Å². The second-order valence-corrected chi connectivity index (χ2v) is 6.54. The van der Waals surface area contributed by atoms with Gasteiger partial charge in [0.1, 0.15) is 12.2 Å². The number of fused-ring (bicyclic) bond motifs is 1. The summed E-state index contributed by atoms with van der Waals surface area (Å²) in [7, 11) is 1.74. The fourth-order valence-corrected chi connectivity index (χ4v) is 3.12. The van der Waals surface area contributed by atoms with E-state index in [1.54, 1.807) is 24.9 Å². The molecule has 0 saturated carbocycles. The molecule has 8 nitrogen and oxygen atoms in total. The molecule has 0 amide bonds. The molecule has 0 radical (unpaired) electrons. The van der Waals surface area contributed by atoms with Crippen molar-refractivity contribution in [1.29, 1.82) is 0 Å². The number of ketones is 1. The molecule has 3 rings (SSSR count). The summed E-state index contributed by atoms with van der Waals surface area (Å²) in [5.41, 5.74) is 14.5. The van der Waals surface area contributed by atoms with Crippen molar-refractivity contribution >= 4 is 22.9 Å². The first-order chi connectivity index (χ1) is 12.8. The SMILES string of the molecule is CC(N)C(=O)C1N=C(c2ccccc2)c2cc([N+](=O)[O-])ccc2N(C)C1N. The third-order valence-corrected chi connectivity index (χ3v) is 4.65. The molecule has 4 N–H and O–H groups in total. The van der Waals surface area contributed by atoms with Crippen molar-refractivity contribution < 1.29 is 9.72 Å². The van der Waals surface area contributed by atoms with Gasteiger partial charge in [-0.25, -0.2) is 0 Å². The topological polar surface area (TPSA) is 128 Å². The summed E-state index contributed by atoms with van der Waals surface area (Å²) in [6.07, 6.45) is -0.745.